The number of carbonyl (C=O) groups excluding carboxylic acids is 2. The Morgan fingerprint density at radius 2 is 1.77 bits per heavy atom. The lowest BCUT2D eigenvalue weighted by Crippen LogP contribution is -2.54. The molecule has 2 rings (SSSR count). The molecule has 30 heavy (non-hydrogen) atoms. The SMILES string of the molecule is CCC(C(=O)NC(C)(C)C)N(Cc1ccc(Cl)cc1Cl)C(=O)COc1ccccc1. The molecular weight excluding hydrogens is 423 g/mol. The molecule has 0 saturated carbocycles. The number of amides is 2. The van der Waals surface area contributed by atoms with Crippen molar-refractivity contribution in [2.45, 2.75) is 52.2 Å². The van der Waals surface area contributed by atoms with Crippen molar-refractivity contribution in [2.24, 2.45) is 0 Å². The zero-order valence-electron chi connectivity index (χ0n) is 17.7. The summed E-state index contributed by atoms with van der Waals surface area (Å²) in [4.78, 5) is 27.6. The second-order valence-electron chi connectivity index (χ2n) is 8.02. The summed E-state index contributed by atoms with van der Waals surface area (Å²) in [6, 6.07) is 13.5. The summed E-state index contributed by atoms with van der Waals surface area (Å²) in [6.07, 6.45) is 0.449. The van der Waals surface area contributed by atoms with Crippen molar-refractivity contribution in [3.05, 3.63) is 64.1 Å². The Kier molecular flexibility index (Phi) is 8.56. The third-order valence-corrected chi connectivity index (χ3v) is 4.93. The van der Waals surface area contributed by atoms with Crippen LogP contribution in [0.5, 0.6) is 5.75 Å². The number of rotatable bonds is 8. The monoisotopic (exact) mass is 450 g/mol. The topological polar surface area (TPSA) is 58.6 Å². The molecule has 1 atom stereocenters. The average Bonchev–Trinajstić information content (AvgIpc) is 2.67. The van der Waals surface area contributed by atoms with Gasteiger partial charge in [-0.15, -0.1) is 0 Å². The number of ether oxygens (including phenoxy) is 1. The third kappa shape index (κ3) is 7.22. The standard InChI is InChI=1S/C23H28Cl2N2O3/c1-5-20(22(29)26-23(2,3)4)27(14-16-11-12-17(24)13-19(16)25)21(28)15-30-18-9-7-6-8-10-18/h6-13,20H,5,14-15H2,1-4H3,(H,26,29). The van der Waals surface area contributed by atoms with Crippen molar-refractivity contribution in [3.63, 3.8) is 0 Å². The third-order valence-electron chi connectivity index (χ3n) is 4.35. The molecule has 2 aromatic rings. The zero-order chi connectivity index (χ0) is 22.3. The van der Waals surface area contributed by atoms with Crippen molar-refractivity contribution in [3.8, 4) is 5.75 Å². The van der Waals surface area contributed by atoms with Gasteiger partial charge in [0.1, 0.15) is 11.8 Å². The number of halogens is 2. The number of nitrogens with zero attached hydrogens (tertiary/aromatic N) is 1. The van der Waals surface area contributed by atoms with Crippen LogP contribution in [0.25, 0.3) is 0 Å². The first-order valence-corrected chi connectivity index (χ1v) is 10.6. The van der Waals surface area contributed by atoms with Crippen LogP contribution in [0.1, 0.15) is 39.7 Å². The van der Waals surface area contributed by atoms with E-state index in [0.717, 1.165) is 0 Å². The molecule has 0 aliphatic heterocycles. The molecule has 7 heteroatoms. The van der Waals surface area contributed by atoms with E-state index in [9.17, 15) is 9.59 Å². The Hall–Kier alpha value is -2.24. The minimum Gasteiger partial charge on any atom is -0.484 e. The van der Waals surface area contributed by atoms with E-state index in [0.29, 0.717) is 27.8 Å². The van der Waals surface area contributed by atoms with Crippen LogP contribution in [0.15, 0.2) is 48.5 Å². The van der Waals surface area contributed by atoms with E-state index in [1.54, 1.807) is 30.3 Å². The molecular formula is C23H28Cl2N2O3. The molecule has 5 nitrogen and oxygen atoms in total. The summed E-state index contributed by atoms with van der Waals surface area (Å²) >= 11 is 12.3. The minimum absolute atomic E-state index is 0.170. The largest absolute Gasteiger partial charge is 0.484 e. The van der Waals surface area contributed by atoms with Gasteiger partial charge in [0, 0.05) is 22.1 Å². The van der Waals surface area contributed by atoms with Crippen LogP contribution >= 0.6 is 23.2 Å². The maximum Gasteiger partial charge on any atom is 0.261 e. The molecule has 0 spiro atoms. The predicted octanol–water partition coefficient (Wildman–Crippen LogP) is 5.09. The Bertz CT molecular complexity index is 866. The van der Waals surface area contributed by atoms with Crippen molar-refractivity contribution in [1.82, 2.24) is 10.2 Å². The summed E-state index contributed by atoms with van der Waals surface area (Å²) in [6.45, 7) is 7.56. The Morgan fingerprint density at radius 3 is 2.33 bits per heavy atom. The van der Waals surface area contributed by atoms with Gasteiger partial charge >= 0.3 is 0 Å². The van der Waals surface area contributed by atoms with E-state index in [4.69, 9.17) is 27.9 Å². The minimum atomic E-state index is -0.664. The van der Waals surface area contributed by atoms with Crippen molar-refractivity contribution in [2.75, 3.05) is 6.61 Å². The molecule has 0 fully saturated rings. The van der Waals surface area contributed by atoms with Gasteiger partial charge in [-0.25, -0.2) is 0 Å². The molecule has 0 aliphatic carbocycles. The van der Waals surface area contributed by atoms with Gasteiger partial charge in [0.15, 0.2) is 6.61 Å². The summed E-state index contributed by atoms with van der Waals surface area (Å²) in [5, 5.41) is 3.91. The number of hydrogen-bond acceptors (Lipinski definition) is 3. The van der Waals surface area contributed by atoms with Gasteiger partial charge in [0.2, 0.25) is 5.91 Å². The Balaban J connectivity index is 2.27. The maximum absolute atomic E-state index is 13.1. The fourth-order valence-electron chi connectivity index (χ4n) is 2.95. The number of hydrogen-bond donors (Lipinski definition) is 1. The van der Waals surface area contributed by atoms with Gasteiger partial charge in [-0.3, -0.25) is 9.59 Å². The lowest BCUT2D eigenvalue weighted by Gasteiger charge is -2.33. The fraction of sp³-hybridized carbons (Fsp3) is 0.391. The lowest BCUT2D eigenvalue weighted by atomic mass is 10.1. The van der Waals surface area contributed by atoms with E-state index in [-0.39, 0.29) is 25.0 Å². The van der Waals surface area contributed by atoms with E-state index >= 15 is 0 Å². The van der Waals surface area contributed by atoms with Crippen LogP contribution in [0, 0.1) is 0 Å². The molecule has 0 heterocycles. The molecule has 2 aromatic carbocycles. The Labute approximate surface area is 188 Å². The van der Waals surface area contributed by atoms with Gasteiger partial charge < -0.3 is 15.0 Å². The first-order chi connectivity index (χ1) is 14.1. The summed E-state index contributed by atoms with van der Waals surface area (Å²) in [5.74, 6) is 0.0615. The van der Waals surface area contributed by atoms with Gasteiger partial charge in [0.05, 0.1) is 0 Å². The summed E-state index contributed by atoms with van der Waals surface area (Å²) in [7, 11) is 0. The highest BCUT2D eigenvalue weighted by molar-refractivity contribution is 6.35. The van der Waals surface area contributed by atoms with E-state index in [1.165, 1.54) is 4.90 Å². The van der Waals surface area contributed by atoms with Crippen LogP contribution in [-0.4, -0.2) is 34.9 Å². The van der Waals surface area contributed by atoms with E-state index in [1.807, 2.05) is 45.9 Å². The van der Waals surface area contributed by atoms with Gasteiger partial charge in [-0.05, 0) is 57.0 Å². The second kappa shape index (κ2) is 10.7. The normalized spacial score (nSPS) is 12.2. The van der Waals surface area contributed by atoms with Gasteiger partial charge in [-0.2, -0.15) is 0 Å². The molecule has 0 aliphatic rings. The molecule has 2 amide bonds. The van der Waals surface area contributed by atoms with E-state index in [2.05, 4.69) is 5.32 Å². The van der Waals surface area contributed by atoms with Gasteiger partial charge in [0.25, 0.3) is 5.91 Å². The summed E-state index contributed by atoms with van der Waals surface area (Å²) < 4.78 is 5.63. The van der Waals surface area contributed by atoms with Crippen molar-refractivity contribution >= 4 is 35.0 Å². The summed E-state index contributed by atoms with van der Waals surface area (Å²) in [5.41, 5.74) is 0.286. The molecule has 1 N–H and O–H groups in total. The first-order valence-electron chi connectivity index (χ1n) is 9.84. The van der Waals surface area contributed by atoms with Crippen LogP contribution in [0.4, 0.5) is 0 Å². The van der Waals surface area contributed by atoms with E-state index < -0.39 is 11.6 Å². The molecule has 0 saturated heterocycles. The Morgan fingerprint density at radius 1 is 1.10 bits per heavy atom. The van der Waals surface area contributed by atoms with Crippen molar-refractivity contribution in [1.29, 1.82) is 0 Å². The van der Waals surface area contributed by atoms with Crippen LogP contribution in [-0.2, 0) is 16.1 Å². The molecule has 0 bridgehead atoms. The number of benzene rings is 2. The van der Waals surface area contributed by atoms with Crippen LogP contribution in [0.3, 0.4) is 0 Å². The van der Waals surface area contributed by atoms with Gasteiger partial charge in [-0.1, -0.05) is 54.4 Å². The lowest BCUT2D eigenvalue weighted by molar-refractivity contribution is -0.143. The van der Waals surface area contributed by atoms with Crippen molar-refractivity contribution < 1.29 is 14.3 Å². The number of para-hydroxylation sites is 1. The smallest absolute Gasteiger partial charge is 0.261 e. The fourth-order valence-corrected chi connectivity index (χ4v) is 3.42. The average molecular weight is 451 g/mol. The molecule has 0 radical (unpaired) electrons. The zero-order valence-corrected chi connectivity index (χ0v) is 19.3. The molecule has 1 unspecified atom stereocenters. The molecule has 0 aromatic heterocycles. The van der Waals surface area contributed by atoms with Crippen LogP contribution in [0.2, 0.25) is 10.0 Å². The molecule has 162 valence electrons. The number of carbonyl (C=O) groups is 2. The maximum atomic E-state index is 13.1. The first kappa shape index (κ1) is 24.0. The number of nitrogens with one attached hydrogen (secondary N) is 1. The quantitative estimate of drug-likeness (QED) is 0.608. The second-order valence-corrected chi connectivity index (χ2v) is 8.87. The highest BCUT2D eigenvalue weighted by Crippen LogP contribution is 2.24. The highest BCUT2D eigenvalue weighted by atomic mass is 35.5. The van der Waals surface area contributed by atoms with Crippen LogP contribution < -0.4 is 10.1 Å². The highest BCUT2D eigenvalue weighted by Gasteiger charge is 2.31. The predicted molar refractivity (Wildman–Crippen MR) is 121 cm³/mol.